The predicted molar refractivity (Wildman–Crippen MR) is 51.7 cm³/mol. The molecule has 0 atom stereocenters. The second-order valence-corrected chi connectivity index (χ2v) is 3.52. The van der Waals surface area contributed by atoms with Crippen LogP contribution in [0, 0.1) is 5.82 Å². The van der Waals surface area contributed by atoms with Crippen molar-refractivity contribution in [3.05, 3.63) is 16.4 Å². The third-order valence-electron chi connectivity index (χ3n) is 1.60. The van der Waals surface area contributed by atoms with Crippen molar-refractivity contribution in [1.29, 1.82) is 0 Å². The van der Waals surface area contributed by atoms with Crippen molar-refractivity contribution in [3.8, 4) is 11.5 Å². The summed E-state index contributed by atoms with van der Waals surface area (Å²) in [6.07, 6.45) is -5.02. The van der Waals surface area contributed by atoms with E-state index in [2.05, 4.69) is 20.7 Å². The maximum Gasteiger partial charge on any atom is 0.573 e. The number of hydrogen-bond donors (Lipinski definition) is 1. The molecule has 0 aliphatic rings. The largest absolute Gasteiger partial charge is 0.573 e. The molecule has 0 spiro atoms. The third-order valence-corrected chi connectivity index (χ3v) is 2.19. The number of halogens is 5. The quantitative estimate of drug-likeness (QED) is 0.674. The van der Waals surface area contributed by atoms with Gasteiger partial charge >= 0.3 is 6.36 Å². The summed E-state index contributed by atoms with van der Waals surface area (Å²) in [5.74, 6) is -2.46. The van der Waals surface area contributed by atoms with Gasteiger partial charge in [0.2, 0.25) is 0 Å². The van der Waals surface area contributed by atoms with Crippen molar-refractivity contribution in [2.75, 3.05) is 12.8 Å². The first-order valence-electron chi connectivity index (χ1n) is 3.83. The normalized spacial score (nSPS) is 11.4. The molecule has 0 aliphatic heterocycles. The molecule has 0 saturated carbocycles. The summed E-state index contributed by atoms with van der Waals surface area (Å²) in [7, 11) is 1.19. The molecule has 0 heterocycles. The van der Waals surface area contributed by atoms with E-state index in [1.54, 1.807) is 0 Å². The fourth-order valence-electron chi connectivity index (χ4n) is 1.03. The van der Waals surface area contributed by atoms with Crippen LogP contribution in [0.25, 0.3) is 0 Å². The number of benzene rings is 1. The van der Waals surface area contributed by atoms with E-state index in [0.717, 1.165) is 6.07 Å². The number of alkyl halides is 3. The van der Waals surface area contributed by atoms with Crippen LogP contribution in [0.1, 0.15) is 0 Å². The topological polar surface area (TPSA) is 44.5 Å². The van der Waals surface area contributed by atoms with Gasteiger partial charge < -0.3 is 15.2 Å². The van der Waals surface area contributed by atoms with Crippen molar-refractivity contribution in [2.24, 2.45) is 0 Å². The van der Waals surface area contributed by atoms with E-state index >= 15 is 0 Å². The molecule has 1 aromatic rings. The molecule has 0 amide bonds. The van der Waals surface area contributed by atoms with E-state index in [1.165, 1.54) is 7.11 Å². The van der Waals surface area contributed by atoms with Crippen molar-refractivity contribution in [1.82, 2.24) is 0 Å². The second-order valence-electron chi connectivity index (χ2n) is 2.66. The van der Waals surface area contributed by atoms with Crippen LogP contribution in [0.5, 0.6) is 11.5 Å². The van der Waals surface area contributed by atoms with Crippen LogP contribution in [0.3, 0.4) is 0 Å². The Morgan fingerprint density at radius 1 is 1.31 bits per heavy atom. The molecule has 0 fully saturated rings. The van der Waals surface area contributed by atoms with Crippen molar-refractivity contribution in [3.63, 3.8) is 0 Å². The Balaban J connectivity index is 3.28. The molecule has 16 heavy (non-hydrogen) atoms. The minimum atomic E-state index is -5.02. The molecule has 1 aromatic carbocycles. The number of anilines is 1. The highest BCUT2D eigenvalue weighted by molar-refractivity contribution is 9.10. The van der Waals surface area contributed by atoms with Crippen molar-refractivity contribution >= 4 is 21.6 Å². The summed E-state index contributed by atoms with van der Waals surface area (Å²) in [5.41, 5.74) is 4.72. The van der Waals surface area contributed by atoms with Crippen LogP contribution < -0.4 is 15.2 Å². The second kappa shape index (κ2) is 4.36. The number of nitrogens with two attached hydrogens (primary N) is 1. The van der Waals surface area contributed by atoms with E-state index in [9.17, 15) is 17.6 Å². The van der Waals surface area contributed by atoms with Crippen LogP contribution in [-0.4, -0.2) is 13.5 Å². The van der Waals surface area contributed by atoms with Gasteiger partial charge in [-0.25, -0.2) is 4.39 Å². The third kappa shape index (κ3) is 2.69. The molecule has 2 N–H and O–H groups in total. The lowest BCUT2D eigenvalue weighted by molar-refractivity contribution is -0.275. The Kier molecular flexibility index (Phi) is 3.51. The van der Waals surface area contributed by atoms with Crippen LogP contribution >= 0.6 is 15.9 Å². The lowest BCUT2D eigenvalue weighted by atomic mass is 10.2. The van der Waals surface area contributed by atoms with E-state index in [-0.39, 0.29) is 10.2 Å². The van der Waals surface area contributed by atoms with Crippen LogP contribution in [-0.2, 0) is 0 Å². The number of rotatable bonds is 2. The number of nitrogen functional groups attached to an aromatic ring is 1. The summed E-state index contributed by atoms with van der Waals surface area (Å²) in [4.78, 5) is 0. The van der Waals surface area contributed by atoms with Crippen molar-refractivity contribution in [2.45, 2.75) is 6.36 Å². The predicted octanol–water partition coefficient (Wildman–Crippen LogP) is 3.08. The molecular formula is C8H6BrF4NO2. The standard InChI is InChI=1S/C8H6BrF4NO2/c1-15-6-3(9)2-4(10)7(5(6)14)16-8(11,12)13/h2H,14H2,1H3. The molecule has 0 aromatic heterocycles. The van der Waals surface area contributed by atoms with Crippen molar-refractivity contribution < 1.29 is 27.0 Å². The van der Waals surface area contributed by atoms with Gasteiger partial charge in [-0.2, -0.15) is 0 Å². The average molecular weight is 304 g/mol. The van der Waals surface area contributed by atoms with Gasteiger partial charge in [-0.1, -0.05) is 0 Å². The zero-order chi connectivity index (χ0) is 12.5. The summed E-state index contributed by atoms with van der Waals surface area (Å²) in [6.45, 7) is 0. The van der Waals surface area contributed by atoms with Gasteiger partial charge in [0.15, 0.2) is 17.3 Å². The molecule has 0 aliphatic carbocycles. The summed E-state index contributed by atoms with van der Waals surface area (Å²) >= 11 is 2.89. The first-order chi connectivity index (χ1) is 7.26. The monoisotopic (exact) mass is 303 g/mol. The zero-order valence-electron chi connectivity index (χ0n) is 7.86. The Morgan fingerprint density at radius 2 is 1.88 bits per heavy atom. The van der Waals surface area contributed by atoms with Gasteiger partial charge in [-0.15, -0.1) is 13.2 Å². The molecular weight excluding hydrogens is 298 g/mol. The zero-order valence-corrected chi connectivity index (χ0v) is 9.45. The SMILES string of the molecule is COc1c(Br)cc(F)c(OC(F)(F)F)c1N. The summed E-state index contributed by atoms with van der Waals surface area (Å²) in [6, 6.07) is 0.774. The molecule has 90 valence electrons. The Bertz CT molecular complexity index is 408. The van der Waals surface area contributed by atoms with Crippen LogP contribution in [0.4, 0.5) is 23.2 Å². The minimum Gasteiger partial charge on any atom is -0.493 e. The van der Waals surface area contributed by atoms with Gasteiger partial charge in [0, 0.05) is 0 Å². The number of methoxy groups -OCH3 is 1. The van der Waals surface area contributed by atoms with Gasteiger partial charge in [-0.05, 0) is 22.0 Å². The minimum absolute atomic E-state index is 0.0968. The van der Waals surface area contributed by atoms with E-state index < -0.39 is 23.6 Å². The summed E-state index contributed by atoms with van der Waals surface area (Å²) in [5, 5.41) is 0. The fraction of sp³-hybridized carbons (Fsp3) is 0.250. The average Bonchev–Trinajstić information content (AvgIpc) is 2.11. The number of ether oxygens (including phenoxy) is 2. The summed E-state index contributed by atoms with van der Waals surface area (Å²) < 4.78 is 57.2. The highest BCUT2D eigenvalue weighted by atomic mass is 79.9. The van der Waals surface area contributed by atoms with Gasteiger partial charge in [0.1, 0.15) is 5.69 Å². The Hall–Kier alpha value is -1.18. The lowest BCUT2D eigenvalue weighted by Gasteiger charge is -2.15. The lowest BCUT2D eigenvalue weighted by Crippen LogP contribution is -2.19. The Labute approximate surface area is 96.3 Å². The van der Waals surface area contributed by atoms with Crippen LogP contribution in [0.2, 0.25) is 0 Å². The Morgan fingerprint density at radius 3 is 2.31 bits per heavy atom. The first-order valence-corrected chi connectivity index (χ1v) is 4.62. The smallest absolute Gasteiger partial charge is 0.493 e. The first kappa shape index (κ1) is 12.9. The molecule has 1 rings (SSSR count). The van der Waals surface area contributed by atoms with Crippen LogP contribution in [0.15, 0.2) is 10.5 Å². The maximum absolute atomic E-state index is 13.2. The molecule has 0 saturated heterocycles. The molecule has 0 bridgehead atoms. The number of hydrogen-bond acceptors (Lipinski definition) is 3. The molecule has 8 heteroatoms. The molecule has 0 unspecified atom stereocenters. The van der Waals surface area contributed by atoms with E-state index in [4.69, 9.17) is 10.5 Å². The van der Waals surface area contributed by atoms with E-state index in [1.807, 2.05) is 0 Å². The van der Waals surface area contributed by atoms with E-state index in [0.29, 0.717) is 0 Å². The maximum atomic E-state index is 13.2. The van der Waals surface area contributed by atoms with Gasteiger partial charge in [0.25, 0.3) is 0 Å². The highest BCUT2D eigenvalue weighted by Gasteiger charge is 2.34. The van der Waals surface area contributed by atoms with Gasteiger partial charge in [-0.3, -0.25) is 0 Å². The fourth-order valence-corrected chi connectivity index (χ4v) is 1.61. The molecule has 0 radical (unpaired) electrons. The highest BCUT2D eigenvalue weighted by Crippen LogP contribution is 2.42. The molecule has 3 nitrogen and oxygen atoms in total. The van der Waals surface area contributed by atoms with Gasteiger partial charge in [0.05, 0.1) is 11.6 Å².